The maximum absolute atomic E-state index is 13.0. The summed E-state index contributed by atoms with van der Waals surface area (Å²) in [4.78, 5) is 53.4. The van der Waals surface area contributed by atoms with E-state index < -0.39 is 30.1 Å². The summed E-state index contributed by atoms with van der Waals surface area (Å²) in [5.41, 5.74) is 1.48. The normalized spacial score (nSPS) is 24.4. The second kappa shape index (κ2) is 8.64. The van der Waals surface area contributed by atoms with Crippen LogP contribution < -0.4 is 10.2 Å². The lowest BCUT2D eigenvalue weighted by Gasteiger charge is -2.36. The van der Waals surface area contributed by atoms with Crippen molar-refractivity contribution in [3.05, 3.63) is 29.3 Å². The second-order valence-electron chi connectivity index (χ2n) is 8.15. The molecule has 1 aromatic rings. The number of aliphatic hydroxyl groups excluding tert-OH is 1. The Hall–Kier alpha value is -2.98. The summed E-state index contributed by atoms with van der Waals surface area (Å²) in [7, 11) is 0. The van der Waals surface area contributed by atoms with Gasteiger partial charge in [-0.3, -0.25) is 29.0 Å². The first-order valence-electron chi connectivity index (χ1n) is 10.5. The zero-order valence-corrected chi connectivity index (χ0v) is 17.1. The lowest BCUT2D eigenvalue weighted by molar-refractivity contribution is -0.137. The van der Waals surface area contributed by atoms with Crippen LogP contribution in [0.4, 0.5) is 5.69 Å². The van der Waals surface area contributed by atoms with Crippen molar-refractivity contribution in [3.63, 3.8) is 0 Å². The summed E-state index contributed by atoms with van der Waals surface area (Å²) >= 11 is 0. The van der Waals surface area contributed by atoms with E-state index in [-0.39, 0.29) is 25.2 Å². The van der Waals surface area contributed by atoms with Crippen LogP contribution in [-0.4, -0.2) is 88.7 Å². The molecule has 0 bridgehead atoms. The van der Waals surface area contributed by atoms with Crippen molar-refractivity contribution in [2.24, 2.45) is 0 Å². The molecule has 2 fully saturated rings. The van der Waals surface area contributed by atoms with Crippen LogP contribution >= 0.6 is 0 Å². The predicted molar refractivity (Wildman–Crippen MR) is 110 cm³/mol. The fourth-order valence-electron chi connectivity index (χ4n) is 4.47. The van der Waals surface area contributed by atoms with Crippen LogP contribution in [0.15, 0.2) is 18.2 Å². The van der Waals surface area contributed by atoms with Gasteiger partial charge < -0.3 is 20.4 Å². The minimum absolute atomic E-state index is 0.150. The van der Waals surface area contributed by atoms with Gasteiger partial charge in [0.15, 0.2) is 0 Å². The minimum atomic E-state index is -1.27. The predicted octanol–water partition coefficient (Wildman–Crippen LogP) is -0.134. The molecule has 10 nitrogen and oxygen atoms in total. The number of hydrogen-bond acceptors (Lipinski definition) is 7. The van der Waals surface area contributed by atoms with Crippen LogP contribution in [0.5, 0.6) is 0 Å². The number of piperidine rings is 1. The van der Waals surface area contributed by atoms with Crippen molar-refractivity contribution in [2.75, 3.05) is 37.6 Å². The van der Waals surface area contributed by atoms with Gasteiger partial charge in [-0.15, -0.1) is 0 Å². The first kappa shape index (κ1) is 21.3. The average molecular weight is 430 g/mol. The largest absolute Gasteiger partial charge is 0.481 e. The van der Waals surface area contributed by atoms with Crippen LogP contribution in [0, 0.1) is 0 Å². The number of aliphatic carboxylic acids is 1. The number of amides is 3. The van der Waals surface area contributed by atoms with E-state index in [1.165, 1.54) is 0 Å². The van der Waals surface area contributed by atoms with Crippen molar-refractivity contribution >= 4 is 29.4 Å². The SMILES string of the molecule is O=C(O)CCCN1CCN(c2ccc3c(c2)C(=O)N(C2CCC(=O)NC2O)C3=O)CC1. The number of nitrogens with one attached hydrogen (secondary N) is 1. The summed E-state index contributed by atoms with van der Waals surface area (Å²) in [5.74, 6) is -1.98. The first-order valence-corrected chi connectivity index (χ1v) is 10.5. The highest BCUT2D eigenvalue weighted by Crippen LogP contribution is 2.31. The van der Waals surface area contributed by atoms with Gasteiger partial charge in [0.1, 0.15) is 6.23 Å². The molecule has 10 heteroatoms. The third-order valence-electron chi connectivity index (χ3n) is 6.18. The fraction of sp³-hybridized carbons (Fsp3) is 0.524. The number of benzene rings is 1. The maximum Gasteiger partial charge on any atom is 0.303 e. The van der Waals surface area contributed by atoms with E-state index in [9.17, 15) is 24.3 Å². The van der Waals surface area contributed by atoms with Crippen molar-refractivity contribution in [3.8, 4) is 0 Å². The van der Waals surface area contributed by atoms with Gasteiger partial charge >= 0.3 is 5.97 Å². The molecule has 2 unspecified atom stereocenters. The second-order valence-corrected chi connectivity index (χ2v) is 8.15. The number of hydrogen-bond donors (Lipinski definition) is 3. The number of aliphatic hydroxyl groups is 1. The Morgan fingerprint density at radius 1 is 1.06 bits per heavy atom. The molecule has 3 aliphatic rings. The van der Waals surface area contributed by atoms with Crippen molar-refractivity contribution in [1.82, 2.24) is 15.1 Å². The topological polar surface area (TPSA) is 130 Å². The van der Waals surface area contributed by atoms with Gasteiger partial charge in [0.05, 0.1) is 17.2 Å². The standard InChI is InChI=1S/C21H26N4O6/c26-17-6-5-16(19(29)22-17)25-20(30)14-4-3-13(12-15(14)21(25)31)24-10-8-23(9-11-24)7-1-2-18(27)28/h3-4,12,16,19,29H,1-2,5-11H2,(H,22,26)(H,27,28). The summed E-state index contributed by atoms with van der Waals surface area (Å²) in [5, 5.41) is 21.3. The van der Waals surface area contributed by atoms with E-state index in [4.69, 9.17) is 5.11 Å². The molecule has 3 amide bonds. The van der Waals surface area contributed by atoms with Crippen molar-refractivity contribution in [2.45, 2.75) is 38.0 Å². The van der Waals surface area contributed by atoms with Crippen molar-refractivity contribution < 1.29 is 29.4 Å². The highest BCUT2D eigenvalue weighted by atomic mass is 16.4. The summed E-state index contributed by atoms with van der Waals surface area (Å²) in [6.07, 6.45) is -0.102. The molecule has 3 N–H and O–H groups in total. The Morgan fingerprint density at radius 3 is 2.45 bits per heavy atom. The molecule has 0 spiro atoms. The molecule has 0 saturated carbocycles. The monoisotopic (exact) mass is 430 g/mol. The van der Waals surface area contributed by atoms with Gasteiger partial charge in [-0.05, 0) is 37.6 Å². The lowest BCUT2D eigenvalue weighted by Crippen LogP contribution is -2.57. The van der Waals surface area contributed by atoms with E-state index in [0.717, 1.165) is 43.3 Å². The molecule has 0 radical (unpaired) electrons. The number of fused-ring (bicyclic) bond motifs is 1. The quantitative estimate of drug-likeness (QED) is 0.532. The van der Waals surface area contributed by atoms with Gasteiger partial charge in [0.25, 0.3) is 11.8 Å². The van der Waals surface area contributed by atoms with E-state index in [1.54, 1.807) is 12.1 Å². The lowest BCUT2D eigenvalue weighted by atomic mass is 10.0. The molecule has 3 heterocycles. The smallest absolute Gasteiger partial charge is 0.303 e. The van der Waals surface area contributed by atoms with Crippen LogP contribution in [0.1, 0.15) is 46.4 Å². The van der Waals surface area contributed by atoms with Crippen LogP contribution in [0.3, 0.4) is 0 Å². The van der Waals surface area contributed by atoms with E-state index in [1.807, 2.05) is 6.07 Å². The molecule has 0 aliphatic carbocycles. The Kier molecular flexibility index (Phi) is 5.92. The number of carboxylic acid groups (broad SMARTS) is 1. The molecule has 2 atom stereocenters. The van der Waals surface area contributed by atoms with Gasteiger partial charge in [0.2, 0.25) is 5.91 Å². The Labute approximate surface area is 179 Å². The molecule has 166 valence electrons. The number of carbonyl (C=O) groups is 4. The zero-order chi connectivity index (χ0) is 22.1. The summed E-state index contributed by atoms with van der Waals surface area (Å²) in [6, 6.07) is 4.43. The van der Waals surface area contributed by atoms with Gasteiger partial charge in [-0.25, -0.2) is 0 Å². The number of piperazine rings is 1. The molecule has 4 rings (SSSR count). The Balaban J connectivity index is 1.42. The average Bonchev–Trinajstić information content (AvgIpc) is 2.98. The first-order chi connectivity index (χ1) is 14.8. The molecular formula is C21H26N4O6. The highest BCUT2D eigenvalue weighted by Gasteiger charge is 2.44. The number of anilines is 1. The Bertz CT molecular complexity index is 911. The van der Waals surface area contributed by atoms with Gasteiger partial charge in [-0.1, -0.05) is 0 Å². The molecule has 0 aromatic heterocycles. The molecule has 3 aliphatic heterocycles. The van der Waals surface area contributed by atoms with Crippen LogP contribution in [0.25, 0.3) is 0 Å². The molecule has 2 saturated heterocycles. The summed E-state index contributed by atoms with van der Waals surface area (Å²) < 4.78 is 0. The number of nitrogens with zero attached hydrogens (tertiary/aromatic N) is 3. The minimum Gasteiger partial charge on any atom is -0.481 e. The van der Waals surface area contributed by atoms with Crippen molar-refractivity contribution in [1.29, 1.82) is 0 Å². The van der Waals surface area contributed by atoms with Crippen LogP contribution in [-0.2, 0) is 9.59 Å². The molecular weight excluding hydrogens is 404 g/mol. The van der Waals surface area contributed by atoms with E-state index >= 15 is 0 Å². The fourth-order valence-corrected chi connectivity index (χ4v) is 4.47. The molecule has 1 aromatic carbocycles. The summed E-state index contributed by atoms with van der Waals surface area (Å²) in [6.45, 7) is 3.82. The highest BCUT2D eigenvalue weighted by molar-refractivity contribution is 6.22. The van der Waals surface area contributed by atoms with E-state index in [2.05, 4.69) is 15.1 Å². The molecule has 31 heavy (non-hydrogen) atoms. The maximum atomic E-state index is 13.0. The van der Waals surface area contributed by atoms with Gasteiger partial charge in [0, 0.05) is 44.7 Å². The number of carbonyl (C=O) groups excluding carboxylic acids is 3. The number of rotatable bonds is 6. The number of imide groups is 1. The zero-order valence-electron chi connectivity index (χ0n) is 17.1. The number of carboxylic acids is 1. The third-order valence-corrected chi connectivity index (χ3v) is 6.18. The van der Waals surface area contributed by atoms with Crippen LogP contribution in [0.2, 0.25) is 0 Å². The van der Waals surface area contributed by atoms with Gasteiger partial charge in [-0.2, -0.15) is 0 Å². The third kappa shape index (κ3) is 4.26. The van der Waals surface area contributed by atoms with E-state index in [0.29, 0.717) is 17.5 Å². The Morgan fingerprint density at radius 2 is 1.77 bits per heavy atom.